The molecule has 0 atom stereocenters. The second-order valence-electron chi connectivity index (χ2n) is 8.67. The van der Waals surface area contributed by atoms with Gasteiger partial charge in [-0.15, -0.1) is 0 Å². The summed E-state index contributed by atoms with van der Waals surface area (Å²) in [5, 5.41) is 13.1. The van der Waals surface area contributed by atoms with Crippen molar-refractivity contribution in [1.82, 2.24) is 24.9 Å². The van der Waals surface area contributed by atoms with Crippen LogP contribution in [-0.2, 0) is 13.1 Å². The van der Waals surface area contributed by atoms with Crippen LogP contribution in [0.15, 0.2) is 91.1 Å². The van der Waals surface area contributed by atoms with Gasteiger partial charge in [-0.25, -0.2) is 4.68 Å². The van der Waals surface area contributed by atoms with Gasteiger partial charge >= 0.3 is 0 Å². The third-order valence-electron chi connectivity index (χ3n) is 6.11. The molecule has 0 spiro atoms. The van der Waals surface area contributed by atoms with Crippen molar-refractivity contribution in [2.75, 3.05) is 0 Å². The molecule has 1 amide bonds. The Morgan fingerprint density at radius 3 is 2.33 bits per heavy atom. The number of carbonyl (C=O) groups is 1. The first kappa shape index (κ1) is 23.6. The van der Waals surface area contributed by atoms with E-state index in [9.17, 15) is 4.79 Å². The molecule has 2 aromatic heterocycles. The summed E-state index contributed by atoms with van der Waals surface area (Å²) in [7, 11) is 0. The number of hydrogen-bond donors (Lipinski definition) is 1. The predicted molar refractivity (Wildman–Crippen MR) is 142 cm³/mol. The zero-order valence-corrected chi connectivity index (χ0v) is 20.9. The lowest BCUT2D eigenvalue weighted by Crippen LogP contribution is -2.23. The van der Waals surface area contributed by atoms with E-state index in [1.165, 1.54) is 0 Å². The van der Waals surface area contributed by atoms with E-state index < -0.39 is 0 Å². The van der Waals surface area contributed by atoms with Crippen LogP contribution >= 0.6 is 11.6 Å². The van der Waals surface area contributed by atoms with Gasteiger partial charge in [-0.05, 0) is 43.7 Å². The maximum Gasteiger partial charge on any atom is 0.251 e. The molecule has 36 heavy (non-hydrogen) atoms. The number of aromatic nitrogens is 4. The molecule has 0 aliphatic rings. The number of para-hydroxylation sites is 1. The second-order valence-corrected chi connectivity index (χ2v) is 9.05. The molecule has 0 saturated heterocycles. The van der Waals surface area contributed by atoms with Crippen molar-refractivity contribution in [3.63, 3.8) is 0 Å². The zero-order valence-electron chi connectivity index (χ0n) is 20.1. The van der Waals surface area contributed by atoms with Gasteiger partial charge in [-0.1, -0.05) is 72.3 Å². The van der Waals surface area contributed by atoms with Crippen LogP contribution in [0.25, 0.3) is 16.9 Å². The van der Waals surface area contributed by atoms with Crippen molar-refractivity contribution in [2.45, 2.75) is 26.9 Å². The molecule has 7 heteroatoms. The van der Waals surface area contributed by atoms with E-state index in [1.54, 1.807) is 0 Å². The van der Waals surface area contributed by atoms with Gasteiger partial charge in [-0.3, -0.25) is 9.48 Å². The highest BCUT2D eigenvalue weighted by atomic mass is 35.5. The minimum atomic E-state index is -0.144. The molecule has 0 aliphatic carbocycles. The van der Waals surface area contributed by atoms with E-state index in [-0.39, 0.29) is 5.91 Å². The normalized spacial score (nSPS) is 11.0. The third kappa shape index (κ3) is 4.95. The number of halogens is 1. The Kier molecular flexibility index (Phi) is 6.69. The van der Waals surface area contributed by atoms with Crippen LogP contribution in [0, 0.1) is 13.8 Å². The van der Waals surface area contributed by atoms with Gasteiger partial charge < -0.3 is 5.32 Å². The molecular formula is C29H26ClN5O. The fraction of sp³-hybridized carbons (Fsp3) is 0.138. The summed E-state index contributed by atoms with van der Waals surface area (Å²) in [6, 6.07) is 27.5. The lowest BCUT2D eigenvalue weighted by atomic mass is 10.1. The van der Waals surface area contributed by atoms with Gasteiger partial charge in [0.25, 0.3) is 5.91 Å². The SMILES string of the molecule is Cc1nn(Cc2cccc(C(=O)NCc3cn(-c4ccccc4)nc3-c3ccccc3)c2)c(C)c1Cl. The van der Waals surface area contributed by atoms with Crippen molar-refractivity contribution in [2.24, 2.45) is 0 Å². The standard InChI is InChI=1S/C29H26ClN5O/c1-20-27(30)21(2)34(32-20)18-22-10-9-13-24(16-22)29(36)31-17-25-19-35(26-14-7-4-8-15-26)33-28(25)23-11-5-3-6-12-23/h3-16,19H,17-18H2,1-2H3,(H,31,36). The van der Waals surface area contributed by atoms with Gasteiger partial charge in [0.05, 0.1) is 34.3 Å². The van der Waals surface area contributed by atoms with Crippen molar-refractivity contribution < 1.29 is 4.79 Å². The van der Waals surface area contributed by atoms with E-state index in [0.717, 1.165) is 39.5 Å². The summed E-state index contributed by atoms with van der Waals surface area (Å²) in [4.78, 5) is 13.1. The Morgan fingerprint density at radius 1 is 0.917 bits per heavy atom. The monoisotopic (exact) mass is 495 g/mol. The van der Waals surface area contributed by atoms with Gasteiger partial charge in [0.1, 0.15) is 0 Å². The molecule has 2 heterocycles. The summed E-state index contributed by atoms with van der Waals surface area (Å²) >= 11 is 6.29. The second kappa shape index (κ2) is 10.2. The highest BCUT2D eigenvalue weighted by molar-refractivity contribution is 6.31. The smallest absolute Gasteiger partial charge is 0.251 e. The number of nitrogens with one attached hydrogen (secondary N) is 1. The van der Waals surface area contributed by atoms with E-state index in [1.807, 2.05) is 114 Å². The van der Waals surface area contributed by atoms with Crippen LogP contribution in [0.2, 0.25) is 5.02 Å². The lowest BCUT2D eigenvalue weighted by molar-refractivity contribution is 0.0951. The molecule has 0 saturated carbocycles. The summed E-state index contributed by atoms with van der Waals surface area (Å²) in [5.41, 5.74) is 7.03. The van der Waals surface area contributed by atoms with Crippen molar-refractivity contribution in [1.29, 1.82) is 0 Å². The Hall–Kier alpha value is -4.16. The molecule has 3 aromatic carbocycles. The maximum absolute atomic E-state index is 13.1. The number of hydrogen-bond acceptors (Lipinski definition) is 3. The van der Waals surface area contributed by atoms with Crippen molar-refractivity contribution >= 4 is 17.5 Å². The molecule has 0 unspecified atom stereocenters. The van der Waals surface area contributed by atoms with Crippen LogP contribution in [0.4, 0.5) is 0 Å². The molecule has 1 N–H and O–H groups in total. The summed E-state index contributed by atoms with van der Waals surface area (Å²) in [6.45, 7) is 4.73. The lowest BCUT2D eigenvalue weighted by Gasteiger charge is -2.09. The molecule has 0 aliphatic heterocycles. The van der Waals surface area contributed by atoms with Crippen LogP contribution in [-0.4, -0.2) is 25.5 Å². The molecule has 5 aromatic rings. The summed E-state index contributed by atoms with van der Waals surface area (Å²) < 4.78 is 3.71. The first-order valence-electron chi connectivity index (χ1n) is 11.8. The predicted octanol–water partition coefficient (Wildman–Crippen LogP) is 5.98. The molecule has 5 rings (SSSR count). The minimum absolute atomic E-state index is 0.144. The summed E-state index contributed by atoms with van der Waals surface area (Å²) in [6.07, 6.45) is 1.97. The quantitative estimate of drug-likeness (QED) is 0.302. The van der Waals surface area contributed by atoms with E-state index in [0.29, 0.717) is 23.7 Å². The first-order valence-corrected chi connectivity index (χ1v) is 12.1. The van der Waals surface area contributed by atoms with Gasteiger partial charge in [0.15, 0.2) is 0 Å². The number of nitrogens with zero attached hydrogens (tertiary/aromatic N) is 4. The van der Waals surface area contributed by atoms with Crippen LogP contribution in [0.3, 0.4) is 0 Å². The van der Waals surface area contributed by atoms with E-state index in [2.05, 4.69) is 10.4 Å². The van der Waals surface area contributed by atoms with E-state index >= 15 is 0 Å². The average Bonchev–Trinajstić information content (AvgIpc) is 3.45. The van der Waals surface area contributed by atoms with Crippen LogP contribution < -0.4 is 5.32 Å². The number of carbonyl (C=O) groups excluding carboxylic acids is 1. The largest absolute Gasteiger partial charge is 0.348 e. The van der Waals surface area contributed by atoms with Gasteiger partial charge in [-0.2, -0.15) is 10.2 Å². The topological polar surface area (TPSA) is 64.7 Å². The molecule has 6 nitrogen and oxygen atoms in total. The van der Waals surface area contributed by atoms with Crippen molar-refractivity contribution in [3.8, 4) is 16.9 Å². The first-order chi connectivity index (χ1) is 17.5. The van der Waals surface area contributed by atoms with Gasteiger partial charge in [0, 0.05) is 29.4 Å². The summed E-state index contributed by atoms with van der Waals surface area (Å²) in [5.74, 6) is -0.144. The van der Waals surface area contributed by atoms with Crippen molar-refractivity contribution in [3.05, 3.63) is 124 Å². The third-order valence-corrected chi connectivity index (χ3v) is 6.66. The molecule has 0 fully saturated rings. The Labute approximate surface area is 215 Å². The van der Waals surface area contributed by atoms with Crippen LogP contribution in [0.5, 0.6) is 0 Å². The Balaban J connectivity index is 1.36. The van der Waals surface area contributed by atoms with E-state index in [4.69, 9.17) is 16.7 Å². The Bertz CT molecular complexity index is 1510. The fourth-order valence-corrected chi connectivity index (χ4v) is 4.32. The van der Waals surface area contributed by atoms with Gasteiger partial charge in [0.2, 0.25) is 0 Å². The Morgan fingerprint density at radius 2 is 1.64 bits per heavy atom. The minimum Gasteiger partial charge on any atom is -0.348 e. The number of aryl methyl sites for hydroxylation is 1. The number of rotatable bonds is 7. The molecular weight excluding hydrogens is 470 g/mol. The van der Waals surface area contributed by atoms with Crippen LogP contribution in [0.1, 0.15) is 32.9 Å². The molecule has 0 bridgehead atoms. The highest BCUT2D eigenvalue weighted by Crippen LogP contribution is 2.24. The fourth-order valence-electron chi connectivity index (χ4n) is 4.18. The average molecular weight is 496 g/mol. The number of amides is 1. The maximum atomic E-state index is 13.1. The highest BCUT2D eigenvalue weighted by Gasteiger charge is 2.15. The molecule has 0 radical (unpaired) electrons. The number of benzene rings is 3. The molecule has 180 valence electrons. The zero-order chi connectivity index (χ0) is 25.1.